The quantitative estimate of drug-likeness (QED) is 0.728. The van der Waals surface area contributed by atoms with Crippen molar-refractivity contribution in [1.29, 1.82) is 0 Å². The number of amides is 1. The largest absolute Gasteiger partial charge is 0.489 e. The van der Waals surface area contributed by atoms with Crippen LogP contribution >= 0.6 is 0 Å². The topological polar surface area (TPSA) is 60.2 Å². The third kappa shape index (κ3) is 2.42. The van der Waals surface area contributed by atoms with Crippen molar-refractivity contribution >= 4 is 11.6 Å². The average molecular weight is 320 g/mol. The molecule has 4 rings (SSSR count). The van der Waals surface area contributed by atoms with Crippen LogP contribution in [0.1, 0.15) is 17.3 Å². The summed E-state index contributed by atoms with van der Waals surface area (Å²) in [6.07, 6.45) is 3.35. The Bertz CT molecular complexity index is 876. The second-order valence-electron chi connectivity index (χ2n) is 5.70. The number of ether oxygens (including phenoxy) is 1. The maximum atomic E-state index is 13.1. The number of rotatable bonds is 2. The smallest absolute Gasteiger partial charge is 0.258 e. The van der Waals surface area contributed by atoms with Gasteiger partial charge in [-0.05, 0) is 37.3 Å². The van der Waals surface area contributed by atoms with Gasteiger partial charge in [0.25, 0.3) is 5.91 Å². The number of aromatic nitrogens is 3. The molecule has 1 aromatic heterocycles. The molecule has 1 atom stereocenters. The molecule has 120 valence electrons. The van der Waals surface area contributed by atoms with Gasteiger partial charge < -0.3 is 4.74 Å². The van der Waals surface area contributed by atoms with Gasteiger partial charge in [-0.3, -0.25) is 9.69 Å². The molecule has 0 unspecified atom stereocenters. The monoisotopic (exact) mass is 320 g/mol. The lowest BCUT2D eigenvalue weighted by Gasteiger charge is -2.35. The molecular formula is C18H16N4O2. The molecule has 2 aromatic carbocycles. The van der Waals surface area contributed by atoms with E-state index in [1.165, 1.54) is 0 Å². The van der Waals surface area contributed by atoms with Crippen molar-refractivity contribution in [2.24, 2.45) is 0 Å². The van der Waals surface area contributed by atoms with E-state index in [9.17, 15) is 4.79 Å². The van der Waals surface area contributed by atoms with E-state index < -0.39 is 0 Å². The maximum Gasteiger partial charge on any atom is 0.258 e. The summed E-state index contributed by atoms with van der Waals surface area (Å²) in [6, 6.07) is 14.9. The molecule has 0 saturated heterocycles. The molecule has 6 nitrogen and oxygen atoms in total. The minimum Gasteiger partial charge on any atom is -0.489 e. The number of carbonyl (C=O) groups excluding carboxylic acids is 1. The van der Waals surface area contributed by atoms with Gasteiger partial charge in [0.15, 0.2) is 0 Å². The number of nitrogens with zero attached hydrogens (tertiary/aromatic N) is 4. The van der Waals surface area contributed by atoms with Crippen molar-refractivity contribution in [2.45, 2.75) is 13.0 Å². The summed E-state index contributed by atoms with van der Waals surface area (Å²) in [5.74, 6) is 0.677. The molecule has 1 amide bonds. The van der Waals surface area contributed by atoms with Crippen LogP contribution in [0, 0.1) is 0 Å². The van der Waals surface area contributed by atoms with Crippen LogP contribution in [0.15, 0.2) is 60.9 Å². The highest BCUT2D eigenvalue weighted by molar-refractivity contribution is 6.07. The van der Waals surface area contributed by atoms with Crippen molar-refractivity contribution < 1.29 is 9.53 Å². The van der Waals surface area contributed by atoms with Crippen LogP contribution in [-0.2, 0) is 0 Å². The van der Waals surface area contributed by atoms with Crippen molar-refractivity contribution in [2.75, 3.05) is 11.5 Å². The zero-order valence-corrected chi connectivity index (χ0v) is 13.2. The van der Waals surface area contributed by atoms with E-state index in [4.69, 9.17) is 4.74 Å². The molecule has 24 heavy (non-hydrogen) atoms. The third-order valence-corrected chi connectivity index (χ3v) is 4.04. The Balaban J connectivity index is 1.73. The van der Waals surface area contributed by atoms with Gasteiger partial charge in [-0.1, -0.05) is 23.4 Å². The van der Waals surface area contributed by atoms with Crippen LogP contribution in [0.25, 0.3) is 5.69 Å². The highest BCUT2D eigenvalue weighted by Crippen LogP contribution is 2.34. The molecule has 0 N–H and O–H groups in total. The van der Waals surface area contributed by atoms with Crippen LogP contribution in [-0.4, -0.2) is 33.5 Å². The molecule has 0 spiro atoms. The van der Waals surface area contributed by atoms with Crippen molar-refractivity contribution in [1.82, 2.24) is 15.0 Å². The van der Waals surface area contributed by atoms with Gasteiger partial charge in [0.1, 0.15) is 12.4 Å². The van der Waals surface area contributed by atoms with E-state index in [-0.39, 0.29) is 11.9 Å². The van der Waals surface area contributed by atoms with Gasteiger partial charge in [0.05, 0.1) is 29.8 Å². The lowest BCUT2D eigenvalue weighted by atomic mass is 10.1. The van der Waals surface area contributed by atoms with Crippen molar-refractivity contribution in [3.05, 3.63) is 66.5 Å². The van der Waals surface area contributed by atoms with Crippen molar-refractivity contribution in [3.63, 3.8) is 0 Å². The molecule has 0 aliphatic carbocycles. The summed E-state index contributed by atoms with van der Waals surface area (Å²) < 4.78 is 7.35. The Morgan fingerprint density at radius 1 is 1.21 bits per heavy atom. The number of hydrogen-bond acceptors (Lipinski definition) is 4. The molecule has 0 fully saturated rings. The van der Waals surface area contributed by atoms with Gasteiger partial charge in [-0.15, -0.1) is 5.10 Å². The Hall–Kier alpha value is -3.15. The molecule has 1 aliphatic heterocycles. The van der Waals surface area contributed by atoms with E-state index >= 15 is 0 Å². The van der Waals surface area contributed by atoms with Crippen LogP contribution in [0.5, 0.6) is 5.75 Å². The number of para-hydroxylation sites is 2. The van der Waals surface area contributed by atoms with Crippen molar-refractivity contribution in [3.8, 4) is 11.4 Å². The minimum absolute atomic E-state index is 0.0394. The Kier molecular flexibility index (Phi) is 3.49. The van der Waals surface area contributed by atoms with Gasteiger partial charge >= 0.3 is 0 Å². The third-order valence-electron chi connectivity index (χ3n) is 4.04. The first-order chi connectivity index (χ1) is 11.7. The molecule has 6 heteroatoms. The Morgan fingerprint density at radius 3 is 2.92 bits per heavy atom. The maximum absolute atomic E-state index is 13.1. The molecule has 0 radical (unpaired) electrons. The molecule has 0 saturated carbocycles. The summed E-state index contributed by atoms with van der Waals surface area (Å²) >= 11 is 0. The second-order valence-corrected chi connectivity index (χ2v) is 5.70. The lowest BCUT2D eigenvalue weighted by Crippen LogP contribution is -2.45. The zero-order valence-electron chi connectivity index (χ0n) is 13.2. The Labute approximate surface area is 139 Å². The fraction of sp³-hybridized carbons (Fsp3) is 0.167. The fourth-order valence-electron chi connectivity index (χ4n) is 2.88. The number of hydrogen-bond donors (Lipinski definition) is 0. The molecule has 3 aromatic rings. The molecule has 2 heterocycles. The van der Waals surface area contributed by atoms with Crippen LogP contribution in [0.3, 0.4) is 0 Å². The first-order valence-electron chi connectivity index (χ1n) is 7.76. The summed E-state index contributed by atoms with van der Waals surface area (Å²) in [6.45, 7) is 2.46. The zero-order chi connectivity index (χ0) is 16.5. The predicted octanol–water partition coefficient (Wildman–Crippen LogP) is 2.70. The minimum atomic E-state index is -0.0554. The van der Waals surface area contributed by atoms with E-state index in [1.807, 2.05) is 55.5 Å². The summed E-state index contributed by atoms with van der Waals surface area (Å²) in [5.41, 5.74) is 2.20. The number of benzene rings is 2. The summed E-state index contributed by atoms with van der Waals surface area (Å²) in [5, 5.41) is 7.78. The highest BCUT2D eigenvalue weighted by Gasteiger charge is 2.30. The van der Waals surface area contributed by atoms with E-state index in [0.29, 0.717) is 12.2 Å². The van der Waals surface area contributed by atoms with Gasteiger partial charge in [0, 0.05) is 5.56 Å². The van der Waals surface area contributed by atoms with Gasteiger partial charge in [0.2, 0.25) is 0 Å². The lowest BCUT2D eigenvalue weighted by molar-refractivity contribution is 0.0961. The van der Waals surface area contributed by atoms with Gasteiger partial charge in [-0.25, -0.2) is 4.68 Å². The average Bonchev–Trinajstić information content (AvgIpc) is 3.16. The SMILES string of the molecule is C[C@@H]1COc2ccccc2N1C(=O)c1cccc(-n2ccnn2)c1. The second kappa shape index (κ2) is 5.81. The van der Waals surface area contributed by atoms with Crippen LogP contribution in [0.4, 0.5) is 5.69 Å². The normalized spacial score (nSPS) is 16.4. The van der Waals surface area contributed by atoms with Crippen LogP contribution in [0.2, 0.25) is 0 Å². The molecular weight excluding hydrogens is 304 g/mol. The summed E-state index contributed by atoms with van der Waals surface area (Å²) in [4.78, 5) is 14.9. The number of anilines is 1. The summed E-state index contributed by atoms with van der Waals surface area (Å²) in [7, 11) is 0. The fourth-order valence-corrected chi connectivity index (χ4v) is 2.88. The first kappa shape index (κ1) is 14.4. The standard InChI is InChI=1S/C18H16N4O2/c1-13-12-24-17-8-3-2-7-16(17)22(13)18(23)14-5-4-6-15(11-14)21-10-9-19-20-21/h2-11,13H,12H2,1H3/t13-/m1/s1. The highest BCUT2D eigenvalue weighted by atomic mass is 16.5. The van der Waals surface area contributed by atoms with E-state index in [1.54, 1.807) is 22.0 Å². The van der Waals surface area contributed by atoms with Crippen LogP contribution < -0.4 is 9.64 Å². The van der Waals surface area contributed by atoms with E-state index in [2.05, 4.69) is 10.3 Å². The Morgan fingerprint density at radius 2 is 2.08 bits per heavy atom. The number of fused-ring (bicyclic) bond motifs is 1. The van der Waals surface area contributed by atoms with Gasteiger partial charge in [-0.2, -0.15) is 0 Å². The number of carbonyl (C=O) groups is 1. The molecule has 1 aliphatic rings. The predicted molar refractivity (Wildman–Crippen MR) is 89.6 cm³/mol. The first-order valence-corrected chi connectivity index (χ1v) is 7.76. The van der Waals surface area contributed by atoms with E-state index in [0.717, 1.165) is 17.1 Å². The molecule has 0 bridgehead atoms.